The van der Waals surface area contributed by atoms with E-state index < -0.39 is 18.6 Å². The Balaban J connectivity index is -0.00000000750. The molecule has 8 heavy (non-hydrogen) atoms. The fourth-order valence-electron chi connectivity index (χ4n) is 0. The first-order valence-corrected chi connectivity index (χ1v) is 2.69. The molecule has 3 nitrogen and oxygen atoms in total. The third kappa shape index (κ3) is 130. The van der Waals surface area contributed by atoms with Crippen molar-refractivity contribution < 1.29 is 29.3 Å². The van der Waals surface area contributed by atoms with Gasteiger partial charge in [0.15, 0.2) is 0 Å². The Hall–Kier alpha value is 1.59. The summed E-state index contributed by atoms with van der Waals surface area (Å²) in [5, 5.41) is 0. The molecule has 0 spiro atoms. The molecule has 8 heteroatoms. The molecule has 0 saturated heterocycles. The molecule has 0 unspecified atom stereocenters. The van der Waals surface area contributed by atoms with Crippen LogP contribution in [0.2, 0.25) is 0 Å². The molecule has 0 atom stereocenters. The van der Waals surface area contributed by atoms with Crippen LogP contribution in [0, 0.1) is 0 Å². The van der Waals surface area contributed by atoms with Crippen molar-refractivity contribution in [2.24, 2.45) is 0 Å². The number of rotatable bonds is 0. The van der Waals surface area contributed by atoms with Gasteiger partial charge in [-0.05, 0) is 0 Å². The molecule has 0 bridgehead atoms. The van der Waals surface area contributed by atoms with Crippen LogP contribution in [0.25, 0.3) is 0 Å². The Bertz CT molecular complexity index is 34.3. The molecule has 0 aromatic heterocycles. The van der Waals surface area contributed by atoms with E-state index in [1.165, 1.54) is 0 Å². The van der Waals surface area contributed by atoms with Gasteiger partial charge in [-0.25, -0.2) is 0 Å². The van der Waals surface area contributed by atoms with Crippen LogP contribution >= 0.6 is 49.6 Å². The van der Waals surface area contributed by atoms with Crippen LogP contribution in [0.5, 0.6) is 0 Å². The summed E-state index contributed by atoms with van der Waals surface area (Å²) in [6.07, 6.45) is 0. The summed E-state index contributed by atoms with van der Waals surface area (Å²) in [6, 6.07) is 0. The molecule has 56 valence electrons. The number of halogens is 4. The van der Waals surface area contributed by atoms with E-state index in [0.29, 0.717) is 0 Å². The van der Waals surface area contributed by atoms with Gasteiger partial charge in [0.25, 0.3) is 0 Å². The minimum absolute atomic E-state index is 0. The summed E-state index contributed by atoms with van der Waals surface area (Å²) in [5.41, 5.74) is 0. The topological polar surface area (TPSA) is 57.5 Å². The van der Waals surface area contributed by atoms with E-state index in [-0.39, 0.29) is 49.6 Å². The minimum atomic E-state index is -3.58. The standard InChI is InChI=1S/4ClH.2H2O.O.Ti/h4*1H;2*1H2;;/q;;;;;;;+2/p-2. The summed E-state index contributed by atoms with van der Waals surface area (Å²) in [5.74, 6) is 0. The summed E-state index contributed by atoms with van der Waals surface area (Å²) in [6.45, 7) is 0. The van der Waals surface area contributed by atoms with Crippen LogP contribution in [0.15, 0.2) is 0 Å². The van der Waals surface area contributed by atoms with Crippen LogP contribution in [0.4, 0.5) is 0 Å². The van der Waals surface area contributed by atoms with Crippen molar-refractivity contribution in [1.29, 1.82) is 0 Å². The number of hydrogen-bond donors (Lipinski definition) is 2. The Morgan fingerprint density at radius 1 is 0.875 bits per heavy atom. The quantitative estimate of drug-likeness (QED) is 0.608. The van der Waals surface area contributed by atoms with Gasteiger partial charge in [0, 0.05) is 0 Å². The van der Waals surface area contributed by atoms with Gasteiger partial charge in [-0.2, -0.15) is 0 Å². The predicted molar refractivity (Wildman–Crippen MR) is 34.1 cm³/mol. The molecule has 0 aliphatic heterocycles. The predicted octanol–water partition coefficient (Wildman–Crippen LogP) is 0.452. The summed E-state index contributed by atoms with van der Waals surface area (Å²) < 4.78 is 23.2. The first-order valence-electron chi connectivity index (χ1n) is 0.651. The van der Waals surface area contributed by atoms with Crippen LogP contribution < -0.4 is 0 Å². The maximum absolute atomic E-state index is 8.81. The van der Waals surface area contributed by atoms with Crippen molar-refractivity contribution >= 4 is 49.6 Å². The van der Waals surface area contributed by atoms with E-state index in [4.69, 9.17) is 10.7 Å². The molecule has 0 aromatic carbocycles. The molecular weight excluding hydrogens is 238 g/mol. The zero-order chi connectivity index (χ0) is 3.58. The fourth-order valence-corrected chi connectivity index (χ4v) is 0. The average Bonchev–Trinajstić information content (AvgIpc) is 0.811. The Labute approximate surface area is 78.6 Å². The van der Waals surface area contributed by atoms with Crippen molar-refractivity contribution in [3.05, 3.63) is 0 Å². The summed E-state index contributed by atoms with van der Waals surface area (Å²) >= 11 is -3.58. The van der Waals surface area contributed by atoms with Crippen LogP contribution in [0.3, 0.4) is 0 Å². The SMILES string of the molecule is Cl.Cl.Cl.Cl.[O]=[Ti]([OH])[OH]. The Morgan fingerprint density at radius 2 is 0.875 bits per heavy atom. The molecule has 0 rings (SSSR count). The Kier molecular flexibility index (Phi) is 98.5. The van der Waals surface area contributed by atoms with E-state index in [1.807, 2.05) is 0 Å². The summed E-state index contributed by atoms with van der Waals surface area (Å²) in [4.78, 5) is 0. The van der Waals surface area contributed by atoms with Gasteiger partial charge < -0.3 is 0 Å². The fraction of sp³-hybridized carbons (Fsp3) is 0. The van der Waals surface area contributed by atoms with Crippen LogP contribution in [0.1, 0.15) is 0 Å². The molecular formula is H6Cl4O3Ti. The molecule has 0 aliphatic rings. The first-order chi connectivity index (χ1) is 1.73. The zero-order valence-corrected chi connectivity index (χ0v) is 8.26. The molecule has 0 heterocycles. The monoisotopic (exact) mass is 242 g/mol. The molecule has 0 fully saturated rings. The second kappa shape index (κ2) is 23.5. The third-order valence-electron chi connectivity index (χ3n) is 0. The second-order valence-electron chi connectivity index (χ2n) is 0.283. The molecule has 0 amide bonds. The van der Waals surface area contributed by atoms with Crippen LogP contribution in [-0.2, 0) is 21.9 Å². The maximum atomic E-state index is 8.81. The Morgan fingerprint density at radius 3 is 0.875 bits per heavy atom. The molecule has 2 N–H and O–H groups in total. The average molecular weight is 244 g/mol. The van der Waals surface area contributed by atoms with Crippen molar-refractivity contribution in [2.45, 2.75) is 0 Å². The van der Waals surface area contributed by atoms with Crippen LogP contribution in [-0.4, -0.2) is 7.38 Å². The van der Waals surface area contributed by atoms with Gasteiger partial charge in [0.2, 0.25) is 0 Å². The van der Waals surface area contributed by atoms with Crippen molar-refractivity contribution in [3.63, 3.8) is 0 Å². The van der Waals surface area contributed by atoms with E-state index in [0.717, 1.165) is 0 Å². The van der Waals surface area contributed by atoms with Gasteiger partial charge >= 0.3 is 29.3 Å². The molecule has 0 aromatic rings. The molecule has 0 radical (unpaired) electrons. The first kappa shape index (κ1) is 33.6. The summed E-state index contributed by atoms with van der Waals surface area (Å²) in [7, 11) is 0. The van der Waals surface area contributed by atoms with Gasteiger partial charge in [0.05, 0.1) is 0 Å². The van der Waals surface area contributed by atoms with Crippen molar-refractivity contribution in [1.82, 2.24) is 0 Å². The van der Waals surface area contributed by atoms with E-state index in [9.17, 15) is 0 Å². The van der Waals surface area contributed by atoms with E-state index in [1.54, 1.807) is 0 Å². The number of hydrogen-bond acceptors (Lipinski definition) is 1. The second-order valence-corrected chi connectivity index (χ2v) is 1.17. The van der Waals surface area contributed by atoms with E-state index >= 15 is 0 Å². The van der Waals surface area contributed by atoms with Gasteiger partial charge in [0.1, 0.15) is 0 Å². The van der Waals surface area contributed by atoms with E-state index in [2.05, 4.69) is 0 Å². The molecule has 0 aliphatic carbocycles. The van der Waals surface area contributed by atoms with Crippen molar-refractivity contribution in [3.8, 4) is 0 Å². The third-order valence-corrected chi connectivity index (χ3v) is 0. The zero-order valence-electron chi connectivity index (χ0n) is 3.44. The van der Waals surface area contributed by atoms with Gasteiger partial charge in [-0.15, -0.1) is 49.6 Å². The van der Waals surface area contributed by atoms with Gasteiger partial charge in [-0.3, -0.25) is 0 Å². The van der Waals surface area contributed by atoms with Gasteiger partial charge in [-0.1, -0.05) is 0 Å². The molecule has 0 saturated carbocycles. The normalized spacial score (nSPS) is 3.25. The van der Waals surface area contributed by atoms with Crippen molar-refractivity contribution in [2.75, 3.05) is 0 Å².